The number of benzene rings is 1. The van der Waals surface area contributed by atoms with Gasteiger partial charge in [0.2, 0.25) is 0 Å². The summed E-state index contributed by atoms with van der Waals surface area (Å²) < 4.78 is 5.59. The lowest BCUT2D eigenvalue weighted by Gasteiger charge is -2.39. The van der Waals surface area contributed by atoms with E-state index in [1.54, 1.807) is 6.92 Å². The number of aromatic hydroxyl groups is 1. The Bertz CT molecular complexity index is 1070. The molecule has 0 saturated carbocycles. The molecule has 0 saturated heterocycles. The lowest BCUT2D eigenvalue weighted by atomic mass is 9.67. The van der Waals surface area contributed by atoms with Crippen LogP contribution in [0, 0.1) is 21.4 Å². The number of hydrogen-bond donors (Lipinski definition) is 2. The number of ketones is 1. The molecule has 1 aliphatic carbocycles. The Morgan fingerprint density at radius 2 is 2.06 bits per heavy atom. The number of nitro benzene ring substituents is 1. The van der Waals surface area contributed by atoms with Crippen molar-refractivity contribution in [1.82, 2.24) is 5.32 Å². The first-order valence-electron chi connectivity index (χ1n) is 10.4. The summed E-state index contributed by atoms with van der Waals surface area (Å²) >= 11 is 3.18. The van der Waals surface area contributed by atoms with Crippen molar-refractivity contribution in [3.05, 3.63) is 54.8 Å². The van der Waals surface area contributed by atoms with Crippen molar-refractivity contribution in [2.24, 2.45) is 11.3 Å². The van der Waals surface area contributed by atoms with Gasteiger partial charge >= 0.3 is 5.97 Å². The van der Waals surface area contributed by atoms with Crippen LogP contribution in [0.5, 0.6) is 5.75 Å². The van der Waals surface area contributed by atoms with Crippen LogP contribution in [0.25, 0.3) is 0 Å². The van der Waals surface area contributed by atoms with Crippen molar-refractivity contribution in [3.63, 3.8) is 0 Å². The highest BCUT2D eigenvalue weighted by Gasteiger charge is 2.46. The number of phenolic OH excluding ortho intramolecular Hbond substituents is 1. The minimum Gasteiger partial charge on any atom is -0.506 e. The van der Waals surface area contributed by atoms with Gasteiger partial charge in [0, 0.05) is 40.1 Å². The maximum Gasteiger partial charge on any atom is 0.336 e. The quantitative estimate of drug-likeness (QED) is 0.332. The molecule has 0 spiro atoms. The summed E-state index contributed by atoms with van der Waals surface area (Å²) in [7, 11) is 0. The van der Waals surface area contributed by atoms with Gasteiger partial charge in [-0.2, -0.15) is 0 Å². The Balaban J connectivity index is 2.27. The molecule has 8 nitrogen and oxygen atoms in total. The van der Waals surface area contributed by atoms with E-state index < -0.39 is 22.2 Å². The number of hydrogen-bond acceptors (Lipinski definition) is 7. The van der Waals surface area contributed by atoms with E-state index in [0.29, 0.717) is 29.8 Å². The predicted octanol–water partition coefficient (Wildman–Crippen LogP) is 4.87. The third-order valence-corrected chi connectivity index (χ3v) is 6.48. The second-order valence-electron chi connectivity index (χ2n) is 9.32. The smallest absolute Gasteiger partial charge is 0.336 e. The maximum atomic E-state index is 13.5. The summed E-state index contributed by atoms with van der Waals surface area (Å²) in [5.74, 6) is -1.94. The average molecular weight is 507 g/mol. The largest absolute Gasteiger partial charge is 0.506 e. The van der Waals surface area contributed by atoms with Crippen LogP contribution in [-0.2, 0) is 14.3 Å². The first-order valence-corrected chi connectivity index (χ1v) is 11.2. The van der Waals surface area contributed by atoms with Gasteiger partial charge in [-0.25, -0.2) is 4.79 Å². The molecule has 1 unspecified atom stereocenters. The number of dihydropyridines is 1. The molecule has 0 aromatic heterocycles. The number of Topliss-reactive ketones (excluding diaryl/α,β-unsaturated/α-hetero) is 1. The van der Waals surface area contributed by atoms with E-state index in [9.17, 15) is 24.8 Å². The van der Waals surface area contributed by atoms with Crippen LogP contribution in [0.2, 0.25) is 0 Å². The van der Waals surface area contributed by atoms with Crippen molar-refractivity contribution in [1.29, 1.82) is 0 Å². The van der Waals surface area contributed by atoms with Crippen molar-refractivity contribution < 1.29 is 24.4 Å². The van der Waals surface area contributed by atoms with Gasteiger partial charge in [-0.15, -0.1) is 0 Å². The fourth-order valence-electron chi connectivity index (χ4n) is 4.11. The summed E-state index contributed by atoms with van der Waals surface area (Å²) in [6.45, 7) is 9.36. The molecule has 0 bridgehead atoms. The fraction of sp³-hybridized carbons (Fsp3) is 0.478. The molecule has 32 heavy (non-hydrogen) atoms. The molecule has 0 radical (unpaired) electrons. The number of nitrogens with one attached hydrogen (secondary N) is 1. The topological polar surface area (TPSA) is 119 Å². The van der Waals surface area contributed by atoms with Crippen molar-refractivity contribution in [3.8, 4) is 5.75 Å². The summed E-state index contributed by atoms with van der Waals surface area (Å²) in [5.41, 5.74) is 0.840. The van der Waals surface area contributed by atoms with Gasteiger partial charge in [0.05, 0.1) is 27.5 Å². The molecule has 1 aliphatic heterocycles. The van der Waals surface area contributed by atoms with E-state index >= 15 is 0 Å². The standard InChI is InChI=1S/C23H27BrN2O6/c1-11(2)10-32-22(29)17-12(3)25-16-6-7-23(4,5)21(28)19(16)18(17)14-8-13(26(30)31)9-15(24)20(14)27/h8-9,11,18,25,27H,6-7,10H2,1-5H3. The maximum absolute atomic E-state index is 13.5. The normalized spacial score (nSPS) is 20.2. The average Bonchev–Trinajstić information content (AvgIpc) is 2.70. The molecule has 1 heterocycles. The number of halogens is 1. The number of non-ortho nitro benzene ring substituents is 1. The number of ether oxygens (including phenoxy) is 1. The minimum atomic E-state index is -0.991. The number of allylic oxidation sites excluding steroid dienone is 3. The summed E-state index contributed by atoms with van der Waals surface area (Å²) in [6, 6.07) is 2.41. The predicted molar refractivity (Wildman–Crippen MR) is 122 cm³/mol. The first kappa shape index (κ1) is 24.0. The highest BCUT2D eigenvalue weighted by atomic mass is 79.9. The zero-order valence-electron chi connectivity index (χ0n) is 18.7. The van der Waals surface area contributed by atoms with Gasteiger partial charge in [-0.3, -0.25) is 14.9 Å². The Morgan fingerprint density at radius 3 is 2.66 bits per heavy atom. The molecule has 0 amide bonds. The van der Waals surface area contributed by atoms with E-state index in [-0.39, 0.29) is 45.4 Å². The monoisotopic (exact) mass is 506 g/mol. The number of nitro groups is 1. The van der Waals surface area contributed by atoms with E-state index in [1.807, 2.05) is 27.7 Å². The van der Waals surface area contributed by atoms with Crippen molar-refractivity contribution >= 4 is 33.4 Å². The van der Waals surface area contributed by atoms with Gasteiger partial charge in [0.25, 0.3) is 5.69 Å². The zero-order chi connectivity index (χ0) is 24.0. The van der Waals surface area contributed by atoms with Gasteiger partial charge in [0.1, 0.15) is 5.75 Å². The zero-order valence-corrected chi connectivity index (χ0v) is 20.3. The number of nitrogens with zero attached hydrogens (tertiary/aromatic N) is 1. The number of rotatable bonds is 5. The Hall–Kier alpha value is -2.68. The summed E-state index contributed by atoms with van der Waals surface area (Å²) in [4.78, 5) is 37.6. The lowest BCUT2D eigenvalue weighted by molar-refractivity contribution is -0.385. The third-order valence-electron chi connectivity index (χ3n) is 5.87. The molecule has 9 heteroatoms. The molecule has 1 aromatic rings. The Kier molecular flexibility index (Phi) is 6.51. The van der Waals surface area contributed by atoms with Crippen LogP contribution < -0.4 is 5.32 Å². The minimum absolute atomic E-state index is 0.0974. The third kappa shape index (κ3) is 4.30. The second-order valence-corrected chi connectivity index (χ2v) is 10.2. The summed E-state index contributed by atoms with van der Waals surface area (Å²) in [5, 5.41) is 25.6. The van der Waals surface area contributed by atoms with Crippen LogP contribution in [-0.4, -0.2) is 28.4 Å². The van der Waals surface area contributed by atoms with Gasteiger partial charge in [-0.1, -0.05) is 27.7 Å². The highest BCUT2D eigenvalue weighted by molar-refractivity contribution is 9.10. The van der Waals surface area contributed by atoms with E-state index in [4.69, 9.17) is 4.74 Å². The molecule has 2 N–H and O–H groups in total. The van der Waals surface area contributed by atoms with Crippen molar-refractivity contribution in [2.75, 3.05) is 6.61 Å². The number of carbonyl (C=O) groups is 2. The lowest BCUT2D eigenvalue weighted by Crippen LogP contribution is -2.40. The van der Waals surface area contributed by atoms with Crippen LogP contribution in [0.4, 0.5) is 5.69 Å². The van der Waals surface area contributed by atoms with E-state index in [2.05, 4.69) is 21.2 Å². The van der Waals surface area contributed by atoms with Gasteiger partial charge < -0.3 is 15.2 Å². The van der Waals surface area contributed by atoms with E-state index in [0.717, 1.165) is 0 Å². The van der Waals surface area contributed by atoms with Crippen LogP contribution in [0.3, 0.4) is 0 Å². The highest BCUT2D eigenvalue weighted by Crippen LogP contribution is 2.50. The second kappa shape index (κ2) is 8.69. The summed E-state index contributed by atoms with van der Waals surface area (Å²) in [6.07, 6.45) is 1.20. The Labute approximate surface area is 195 Å². The first-order chi connectivity index (χ1) is 14.8. The Morgan fingerprint density at radius 1 is 1.41 bits per heavy atom. The van der Waals surface area contributed by atoms with Gasteiger partial charge in [0.15, 0.2) is 5.78 Å². The molecular formula is C23H27BrN2O6. The van der Waals surface area contributed by atoms with Crippen LogP contribution in [0.15, 0.2) is 39.1 Å². The molecule has 172 valence electrons. The van der Waals surface area contributed by atoms with Crippen LogP contribution in [0.1, 0.15) is 58.9 Å². The molecule has 2 aliphatic rings. The van der Waals surface area contributed by atoms with Crippen LogP contribution >= 0.6 is 15.9 Å². The number of phenols is 1. The molecule has 3 rings (SSSR count). The van der Waals surface area contributed by atoms with Crippen molar-refractivity contribution in [2.45, 2.75) is 53.4 Å². The van der Waals surface area contributed by atoms with E-state index in [1.165, 1.54) is 12.1 Å². The number of carbonyl (C=O) groups excluding carboxylic acids is 2. The molecule has 1 atom stereocenters. The molecule has 0 fully saturated rings. The SMILES string of the molecule is CC1=C(C(=O)OCC(C)C)C(c2cc([N+](=O)[O-])cc(Br)c2O)C2=C(CCC(C)(C)C2=O)N1. The molecule has 1 aromatic carbocycles. The fourth-order valence-corrected chi connectivity index (χ4v) is 4.57. The molecular weight excluding hydrogens is 480 g/mol. The van der Waals surface area contributed by atoms with Gasteiger partial charge in [-0.05, 0) is 41.6 Å². The number of esters is 1.